The molecule has 0 fully saturated rings. The minimum atomic E-state index is -0.390. The van der Waals surface area contributed by atoms with Crippen LogP contribution >= 0.6 is 0 Å². The number of aliphatic hydroxyl groups excluding tert-OH is 3. The quantitative estimate of drug-likeness (QED) is 0.218. The molecule has 40 heavy (non-hydrogen) atoms. The Hall–Kier alpha value is -2.46. The molecule has 0 amide bonds. The summed E-state index contributed by atoms with van der Waals surface area (Å²) in [5.41, 5.74) is 9.53. The molecule has 3 aromatic carbocycles. The first kappa shape index (κ1) is 32.1. The minimum absolute atomic E-state index is 0.0916. The van der Waals surface area contributed by atoms with Crippen molar-refractivity contribution in [3.8, 4) is 0 Å². The molecule has 0 aliphatic rings. The van der Waals surface area contributed by atoms with E-state index in [1.54, 1.807) is 0 Å². The minimum Gasteiger partial charge on any atom is -0.395 e. The van der Waals surface area contributed by atoms with Crippen LogP contribution in [0, 0.1) is 20.8 Å². The average molecular weight is 545 g/mol. The van der Waals surface area contributed by atoms with Gasteiger partial charge in [-0.2, -0.15) is 0 Å². The van der Waals surface area contributed by atoms with E-state index in [9.17, 15) is 15.3 Å². The summed E-state index contributed by atoms with van der Waals surface area (Å²) in [4.78, 5) is 0. The smallest absolute Gasteiger partial charge is 0.0522 e. The Balaban J connectivity index is 2.43. The van der Waals surface area contributed by atoms with Crippen molar-refractivity contribution in [1.82, 2.24) is 0 Å². The van der Waals surface area contributed by atoms with Crippen LogP contribution in [0.3, 0.4) is 0 Å². The fraction of sp³-hybridized carbons (Fsp3) is 0.514. The first-order valence-electron chi connectivity index (χ1n) is 14.8. The van der Waals surface area contributed by atoms with Gasteiger partial charge in [0.25, 0.3) is 0 Å². The molecule has 0 spiro atoms. The van der Waals surface area contributed by atoms with E-state index in [2.05, 4.69) is 124 Å². The van der Waals surface area contributed by atoms with Gasteiger partial charge in [-0.25, -0.2) is 0 Å². The number of hydrogen-bond donors (Lipinski definition) is 3. The molecule has 0 saturated heterocycles. The van der Waals surface area contributed by atoms with Crippen molar-refractivity contribution in [2.24, 2.45) is 0 Å². The van der Waals surface area contributed by atoms with E-state index in [1.807, 2.05) is 0 Å². The van der Waals surface area contributed by atoms with Gasteiger partial charge in [0.05, 0.1) is 19.8 Å². The number of aliphatic hydroxyl groups is 3. The van der Waals surface area contributed by atoms with E-state index >= 15 is 0 Å². The van der Waals surface area contributed by atoms with Crippen LogP contribution in [0.1, 0.15) is 111 Å². The van der Waals surface area contributed by atoms with Gasteiger partial charge in [0, 0.05) is 21.7 Å². The van der Waals surface area contributed by atoms with Gasteiger partial charge in [0.1, 0.15) is 0 Å². The van der Waals surface area contributed by atoms with Gasteiger partial charge in [0.15, 0.2) is 0 Å². The van der Waals surface area contributed by atoms with Crippen molar-refractivity contribution in [3.05, 3.63) is 105 Å². The Morgan fingerprint density at radius 2 is 0.775 bits per heavy atom. The lowest BCUT2D eigenvalue weighted by atomic mass is 9.62. The van der Waals surface area contributed by atoms with Crippen LogP contribution in [0.2, 0.25) is 0 Å². The maximum absolute atomic E-state index is 10.1. The Labute approximate surface area is 243 Å². The van der Waals surface area contributed by atoms with Crippen LogP contribution in [0.5, 0.6) is 0 Å². The normalized spacial score (nSPS) is 13.1. The second-order valence-corrected chi connectivity index (χ2v) is 13.9. The summed E-state index contributed by atoms with van der Waals surface area (Å²) in [5, 5.41) is 30.2. The molecule has 0 radical (unpaired) electrons. The lowest BCUT2D eigenvalue weighted by Gasteiger charge is -2.41. The monoisotopic (exact) mass is 544 g/mol. The third-order valence-electron chi connectivity index (χ3n) is 9.21. The van der Waals surface area contributed by atoms with Gasteiger partial charge in [-0.1, -0.05) is 109 Å². The molecule has 0 unspecified atom stereocenters. The second-order valence-electron chi connectivity index (χ2n) is 13.9. The molecule has 0 heterocycles. The summed E-state index contributed by atoms with van der Waals surface area (Å²) < 4.78 is 0. The highest BCUT2D eigenvalue weighted by Crippen LogP contribution is 2.48. The number of hydrogen-bond acceptors (Lipinski definition) is 3. The molecule has 218 valence electrons. The van der Waals surface area contributed by atoms with Crippen LogP contribution in [0.4, 0.5) is 0 Å². The first-order valence-corrected chi connectivity index (χ1v) is 14.8. The Morgan fingerprint density at radius 3 is 0.975 bits per heavy atom. The van der Waals surface area contributed by atoms with Crippen LogP contribution in [-0.4, -0.2) is 35.1 Å². The topological polar surface area (TPSA) is 60.7 Å². The summed E-state index contributed by atoms with van der Waals surface area (Å²) in [7, 11) is 0. The van der Waals surface area contributed by atoms with Crippen molar-refractivity contribution >= 4 is 0 Å². The third-order valence-corrected chi connectivity index (χ3v) is 9.21. The van der Waals surface area contributed by atoms with E-state index < -0.39 is 5.41 Å². The summed E-state index contributed by atoms with van der Waals surface area (Å²) in [6.07, 6.45) is 1.93. The van der Waals surface area contributed by atoms with Crippen LogP contribution < -0.4 is 0 Å². The van der Waals surface area contributed by atoms with E-state index in [1.165, 1.54) is 33.4 Å². The molecule has 3 heteroatoms. The fourth-order valence-corrected chi connectivity index (χ4v) is 6.18. The van der Waals surface area contributed by atoms with E-state index in [0.717, 1.165) is 29.5 Å². The fourth-order valence-electron chi connectivity index (χ4n) is 6.18. The molecule has 3 N–H and O–H groups in total. The van der Waals surface area contributed by atoms with Crippen molar-refractivity contribution in [1.29, 1.82) is 0 Å². The van der Waals surface area contributed by atoms with Crippen molar-refractivity contribution in [2.75, 3.05) is 19.8 Å². The number of benzene rings is 3. The van der Waals surface area contributed by atoms with Crippen molar-refractivity contribution in [2.45, 2.75) is 104 Å². The highest BCUT2D eigenvalue weighted by molar-refractivity contribution is 5.59. The van der Waals surface area contributed by atoms with Crippen LogP contribution in [0.25, 0.3) is 0 Å². The molecule has 0 aromatic heterocycles. The zero-order valence-corrected chi connectivity index (χ0v) is 26.6. The van der Waals surface area contributed by atoms with Gasteiger partial charge in [-0.05, 0) is 77.3 Å². The molecule has 0 aliphatic heterocycles. The molecule has 3 nitrogen and oxygen atoms in total. The summed E-state index contributed by atoms with van der Waals surface area (Å²) in [5.74, 6) is 0. The molecule has 0 atom stereocenters. The number of aryl methyl sites for hydroxylation is 3. The Bertz CT molecular complexity index is 1170. The Morgan fingerprint density at radius 1 is 0.500 bits per heavy atom. The number of rotatable bonds is 11. The molecular formula is C37H52O3. The standard InChI is InChI=1S/C37H52O3/c1-11-18-37(31-15-12-28(19-25(31)2)34(5,6)22-38,32-16-13-29(20-26(32)3)35(7,8)23-39)33-17-14-30(21-27(33)4)36(9,10)24-40/h12-17,19-21,38-40H,11,18,22-24H2,1-10H3. The van der Waals surface area contributed by atoms with Gasteiger partial charge < -0.3 is 15.3 Å². The predicted octanol–water partition coefficient (Wildman–Crippen LogP) is 7.56. The van der Waals surface area contributed by atoms with Crippen molar-refractivity contribution < 1.29 is 15.3 Å². The van der Waals surface area contributed by atoms with E-state index in [0.29, 0.717) is 0 Å². The third kappa shape index (κ3) is 5.79. The molecule has 3 aromatic rings. The van der Waals surface area contributed by atoms with E-state index in [4.69, 9.17) is 0 Å². The highest BCUT2D eigenvalue weighted by Gasteiger charge is 2.40. The predicted molar refractivity (Wildman–Crippen MR) is 169 cm³/mol. The van der Waals surface area contributed by atoms with Crippen LogP contribution in [0.15, 0.2) is 54.6 Å². The maximum atomic E-state index is 10.1. The summed E-state index contributed by atoms with van der Waals surface area (Å²) in [6, 6.07) is 20.2. The molecule has 0 saturated carbocycles. The lowest BCUT2D eigenvalue weighted by molar-refractivity contribution is 0.218. The van der Waals surface area contributed by atoms with Crippen molar-refractivity contribution in [3.63, 3.8) is 0 Å². The average Bonchev–Trinajstić information content (AvgIpc) is 2.92. The molecular weight excluding hydrogens is 492 g/mol. The zero-order chi connectivity index (χ0) is 30.1. The molecule has 0 aliphatic carbocycles. The largest absolute Gasteiger partial charge is 0.395 e. The molecule has 3 rings (SSSR count). The van der Waals surface area contributed by atoms with Gasteiger partial charge in [-0.15, -0.1) is 0 Å². The summed E-state index contributed by atoms with van der Waals surface area (Å²) >= 11 is 0. The molecule has 0 bridgehead atoms. The van der Waals surface area contributed by atoms with Crippen LogP contribution in [-0.2, 0) is 21.7 Å². The zero-order valence-electron chi connectivity index (χ0n) is 26.6. The second kappa shape index (κ2) is 11.8. The SMILES string of the molecule is CCCC(c1ccc(C(C)(C)CO)cc1C)(c1ccc(C(C)(C)CO)cc1C)c1ccc(C(C)(C)CO)cc1C. The van der Waals surface area contributed by atoms with E-state index in [-0.39, 0.29) is 36.1 Å². The van der Waals surface area contributed by atoms with Gasteiger partial charge >= 0.3 is 0 Å². The first-order chi connectivity index (χ1) is 18.6. The van der Waals surface area contributed by atoms with Gasteiger partial charge in [-0.3, -0.25) is 0 Å². The van der Waals surface area contributed by atoms with Gasteiger partial charge in [0.2, 0.25) is 0 Å². The maximum Gasteiger partial charge on any atom is 0.0522 e. The highest BCUT2D eigenvalue weighted by atomic mass is 16.3. The lowest BCUT2D eigenvalue weighted by Crippen LogP contribution is -2.33. The Kier molecular flexibility index (Phi) is 9.46. The summed E-state index contributed by atoms with van der Waals surface area (Å²) in [6.45, 7) is 21.6.